The zero-order chi connectivity index (χ0) is 11.2. The van der Waals surface area contributed by atoms with Gasteiger partial charge in [0.15, 0.2) is 0 Å². The highest BCUT2D eigenvalue weighted by Gasteiger charge is 2.21. The highest BCUT2D eigenvalue weighted by molar-refractivity contribution is 7.07. The van der Waals surface area contributed by atoms with E-state index in [0.717, 1.165) is 19.4 Å². The molecule has 3 heteroatoms. The molecule has 0 aromatic carbocycles. The van der Waals surface area contributed by atoms with Gasteiger partial charge in [-0.1, -0.05) is 6.42 Å². The van der Waals surface area contributed by atoms with Gasteiger partial charge in [-0.2, -0.15) is 11.3 Å². The van der Waals surface area contributed by atoms with E-state index in [4.69, 9.17) is 5.11 Å². The van der Waals surface area contributed by atoms with Crippen LogP contribution in [0.2, 0.25) is 0 Å². The highest BCUT2D eigenvalue weighted by atomic mass is 32.1. The molecule has 2 nitrogen and oxygen atoms in total. The normalized spacial score (nSPS) is 22.4. The molecular formula is C13H21NOS. The lowest BCUT2D eigenvalue weighted by Crippen LogP contribution is -2.41. The lowest BCUT2D eigenvalue weighted by molar-refractivity contribution is 0.120. The molecule has 16 heavy (non-hydrogen) atoms. The van der Waals surface area contributed by atoms with Crippen LogP contribution in [-0.4, -0.2) is 35.7 Å². The lowest BCUT2D eigenvalue weighted by Gasteiger charge is -2.35. The molecule has 0 bridgehead atoms. The van der Waals surface area contributed by atoms with Gasteiger partial charge in [0.1, 0.15) is 0 Å². The number of hydrogen-bond acceptors (Lipinski definition) is 3. The maximum Gasteiger partial charge on any atom is 0.0445 e. The summed E-state index contributed by atoms with van der Waals surface area (Å²) < 4.78 is 0. The van der Waals surface area contributed by atoms with Crippen LogP contribution in [0.15, 0.2) is 16.8 Å². The van der Waals surface area contributed by atoms with Gasteiger partial charge in [0.25, 0.3) is 0 Å². The van der Waals surface area contributed by atoms with Crippen LogP contribution >= 0.6 is 11.3 Å². The summed E-state index contributed by atoms with van der Waals surface area (Å²) in [6, 6.07) is 2.84. The van der Waals surface area contributed by atoms with Crippen LogP contribution in [0, 0.1) is 0 Å². The van der Waals surface area contributed by atoms with Gasteiger partial charge in [0.05, 0.1) is 0 Å². The molecule has 2 rings (SSSR count). The largest absolute Gasteiger partial charge is 0.396 e. The van der Waals surface area contributed by atoms with Crippen molar-refractivity contribution in [3.8, 4) is 0 Å². The van der Waals surface area contributed by atoms with Crippen LogP contribution in [-0.2, 0) is 6.42 Å². The van der Waals surface area contributed by atoms with E-state index in [0.29, 0.717) is 12.6 Å². The van der Waals surface area contributed by atoms with Crippen molar-refractivity contribution in [2.75, 3.05) is 19.7 Å². The smallest absolute Gasteiger partial charge is 0.0445 e. The van der Waals surface area contributed by atoms with Crippen molar-refractivity contribution in [2.45, 2.75) is 38.1 Å². The summed E-state index contributed by atoms with van der Waals surface area (Å²) in [5, 5.41) is 13.5. The number of hydrogen-bond donors (Lipinski definition) is 1. The van der Waals surface area contributed by atoms with Gasteiger partial charge in [0, 0.05) is 19.2 Å². The summed E-state index contributed by atoms with van der Waals surface area (Å²) in [7, 11) is 0. The zero-order valence-electron chi connectivity index (χ0n) is 9.77. The third kappa shape index (κ3) is 3.30. The molecule has 0 spiro atoms. The number of aliphatic hydroxyl groups is 1. The standard InChI is InChI=1S/C13H21NOS/c15-9-5-13-3-1-2-7-14(13)8-4-12-6-10-16-11-12/h6,10-11,13,15H,1-5,7-9H2. The van der Waals surface area contributed by atoms with Gasteiger partial charge >= 0.3 is 0 Å². The summed E-state index contributed by atoms with van der Waals surface area (Å²) in [5.74, 6) is 0. The van der Waals surface area contributed by atoms with Crippen molar-refractivity contribution in [3.63, 3.8) is 0 Å². The summed E-state index contributed by atoms with van der Waals surface area (Å²) in [4.78, 5) is 2.57. The molecule has 1 saturated heterocycles. The third-order valence-electron chi connectivity index (χ3n) is 3.48. The van der Waals surface area contributed by atoms with Crippen LogP contribution in [0.5, 0.6) is 0 Å². The van der Waals surface area contributed by atoms with Crippen LogP contribution < -0.4 is 0 Å². The van der Waals surface area contributed by atoms with Crippen LogP contribution in [0.25, 0.3) is 0 Å². The van der Waals surface area contributed by atoms with Crippen molar-refractivity contribution >= 4 is 11.3 Å². The van der Waals surface area contributed by atoms with Gasteiger partial charge in [-0.3, -0.25) is 4.90 Å². The summed E-state index contributed by atoms with van der Waals surface area (Å²) >= 11 is 1.78. The molecule has 0 aliphatic carbocycles. The Hall–Kier alpha value is -0.380. The van der Waals surface area contributed by atoms with Crippen LogP contribution in [0.1, 0.15) is 31.2 Å². The minimum atomic E-state index is 0.333. The molecule has 90 valence electrons. The monoisotopic (exact) mass is 239 g/mol. The van der Waals surface area contributed by atoms with E-state index in [1.54, 1.807) is 11.3 Å². The van der Waals surface area contributed by atoms with Gasteiger partial charge in [-0.05, 0) is 54.6 Å². The van der Waals surface area contributed by atoms with E-state index in [-0.39, 0.29) is 0 Å². The second kappa shape index (κ2) is 6.38. The predicted octanol–water partition coefficient (Wildman–Crippen LogP) is 2.53. The zero-order valence-corrected chi connectivity index (χ0v) is 10.6. The molecule has 0 amide bonds. The average molecular weight is 239 g/mol. The molecule has 2 heterocycles. The van der Waals surface area contributed by atoms with E-state index in [9.17, 15) is 0 Å². The van der Waals surface area contributed by atoms with E-state index in [2.05, 4.69) is 21.7 Å². The van der Waals surface area contributed by atoms with Crippen molar-refractivity contribution in [1.29, 1.82) is 0 Å². The van der Waals surface area contributed by atoms with Crippen molar-refractivity contribution in [3.05, 3.63) is 22.4 Å². The predicted molar refractivity (Wildman–Crippen MR) is 68.9 cm³/mol. The molecule has 0 radical (unpaired) electrons. The number of aliphatic hydroxyl groups excluding tert-OH is 1. The van der Waals surface area contributed by atoms with E-state index >= 15 is 0 Å². The molecule has 1 aromatic rings. The molecule has 1 aliphatic heterocycles. The van der Waals surface area contributed by atoms with Gasteiger partial charge in [-0.15, -0.1) is 0 Å². The minimum Gasteiger partial charge on any atom is -0.396 e. The Morgan fingerprint density at radius 2 is 2.38 bits per heavy atom. The molecule has 1 aliphatic rings. The fourth-order valence-corrected chi connectivity index (χ4v) is 3.24. The van der Waals surface area contributed by atoms with Crippen molar-refractivity contribution in [2.24, 2.45) is 0 Å². The molecule has 1 aromatic heterocycles. The maximum atomic E-state index is 9.06. The first-order valence-corrected chi connectivity index (χ1v) is 7.20. The van der Waals surface area contributed by atoms with Crippen LogP contribution in [0.4, 0.5) is 0 Å². The highest BCUT2D eigenvalue weighted by Crippen LogP contribution is 2.20. The Balaban J connectivity index is 1.81. The van der Waals surface area contributed by atoms with E-state index in [1.165, 1.54) is 31.4 Å². The fourth-order valence-electron chi connectivity index (χ4n) is 2.54. The Labute approximate surface area is 102 Å². The summed E-state index contributed by atoms with van der Waals surface area (Å²) in [5.41, 5.74) is 1.46. The quantitative estimate of drug-likeness (QED) is 0.853. The topological polar surface area (TPSA) is 23.5 Å². The Morgan fingerprint density at radius 3 is 3.12 bits per heavy atom. The SMILES string of the molecule is OCCC1CCCCN1CCc1ccsc1. The molecule has 1 N–H and O–H groups in total. The van der Waals surface area contributed by atoms with Crippen molar-refractivity contribution < 1.29 is 5.11 Å². The molecule has 1 fully saturated rings. The Kier molecular flexibility index (Phi) is 4.82. The fraction of sp³-hybridized carbons (Fsp3) is 0.692. The molecule has 1 unspecified atom stereocenters. The number of rotatable bonds is 5. The number of thiophene rings is 1. The Bertz CT molecular complexity index is 284. The maximum absolute atomic E-state index is 9.06. The number of likely N-dealkylation sites (tertiary alicyclic amines) is 1. The van der Waals surface area contributed by atoms with Gasteiger partial charge in [0.2, 0.25) is 0 Å². The Morgan fingerprint density at radius 1 is 1.44 bits per heavy atom. The first-order chi connectivity index (χ1) is 7.90. The first kappa shape index (κ1) is 12.1. The molecular weight excluding hydrogens is 218 g/mol. The second-order valence-corrected chi connectivity index (χ2v) is 5.36. The third-order valence-corrected chi connectivity index (χ3v) is 4.21. The summed E-state index contributed by atoms with van der Waals surface area (Å²) in [6.45, 7) is 2.70. The number of nitrogens with zero attached hydrogens (tertiary/aromatic N) is 1. The average Bonchev–Trinajstić information content (AvgIpc) is 2.81. The molecule has 0 saturated carbocycles. The van der Waals surface area contributed by atoms with E-state index in [1.807, 2.05) is 0 Å². The summed E-state index contributed by atoms with van der Waals surface area (Å²) in [6.07, 6.45) is 6.03. The number of piperidine rings is 1. The van der Waals surface area contributed by atoms with Crippen molar-refractivity contribution in [1.82, 2.24) is 4.90 Å². The van der Waals surface area contributed by atoms with Gasteiger partial charge < -0.3 is 5.11 Å². The van der Waals surface area contributed by atoms with Gasteiger partial charge in [-0.25, -0.2) is 0 Å². The minimum absolute atomic E-state index is 0.333. The lowest BCUT2D eigenvalue weighted by atomic mass is 9.99. The van der Waals surface area contributed by atoms with Crippen LogP contribution in [0.3, 0.4) is 0 Å². The van der Waals surface area contributed by atoms with E-state index < -0.39 is 0 Å². The second-order valence-electron chi connectivity index (χ2n) is 4.58. The first-order valence-electron chi connectivity index (χ1n) is 6.26. The molecule has 1 atom stereocenters.